The maximum Gasteiger partial charge on any atom is 0.217 e. The maximum absolute atomic E-state index is 10.3. The highest BCUT2D eigenvalue weighted by Gasteiger charge is 2.15. The molecule has 0 aromatic heterocycles. The second-order valence-corrected chi connectivity index (χ2v) is 2.53. The molecule has 0 spiro atoms. The van der Waals surface area contributed by atoms with Gasteiger partial charge in [0.1, 0.15) is 0 Å². The van der Waals surface area contributed by atoms with Crippen molar-refractivity contribution >= 4 is 18.3 Å². The van der Waals surface area contributed by atoms with Crippen LogP contribution in [0.5, 0.6) is 0 Å². The number of hydrogen-bond donors (Lipinski definition) is 2. The highest BCUT2D eigenvalue weighted by atomic mass is 35.5. The van der Waals surface area contributed by atoms with Gasteiger partial charge in [-0.25, -0.2) is 0 Å². The number of nitrogens with one attached hydrogen (secondary N) is 1. The molecule has 10 heavy (non-hydrogen) atoms. The van der Waals surface area contributed by atoms with Gasteiger partial charge in [0.25, 0.3) is 0 Å². The summed E-state index contributed by atoms with van der Waals surface area (Å²) in [6.45, 7) is 2.00. The van der Waals surface area contributed by atoms with E-state index in [4.69, 9.17) is 5.73 Å². The summed E-state index contributed by atoms with van der Waals surface area (Å²) < 4.78 is 0. The molecule has 1 amide bonds. The molecule has 1 atom stereocenters. The second kappa shape index (κ2) is 4.52. The standard InChI is InChI=1S/C6H12N2O.ClH/c7-6(9)3-5-1-2-8-4-5;/h5,8H,1-4H2,(H2,7,9);1H/t5-;/m1./s1. The first-order chi connectivity index (χ1) is 4.29. The largest absolute Gasteiger partial charge is 0.370 e. The fourth-order valence-corrected chi connectivity index (χ4v) is 1.17. The highest BCUT2D eigenvalue weighted by Crippen LogP contribution is 2.10. The Labute approximate surface area is 66.8 Å². The average Bonchev–Trinajstić information content (AvgIpc) is 2.15. The molecule has 1 aliphatic rings. The van der Waals surface area contributed by atoms with Gasteiger partial charge < -0.3 is 11.1 Å². The first-order valence-corrected chi connectivity index (χ1v) is 3.28. The van der Waals surface area contributed by atoms with Gasteiger partial charge in [-0.1, -0.05) is 0 Å². The van der Waals surface area contributed by atoms with Crippen molar-refractivity contribution in [1.29, 1.82) is 0 Å². The predicted octanol–water partition coefficient (Wildman–Crippen LogP) is -0.107. The summed E-state index contributed by atoms with van der Waals surface area (Å²) in [4.78, 5) is 10.3. The van der Waals surface area contributed by atoms with E-state index in [9.17, 15) is 4.79 Å². The molecule has 0 aliphatic carbocycles. The molecule has 1 heterocycles. The van der Waals surface area contributed by atoms with Gasteiger partial charge in [0.2, 0.25) is 5.91 Å². The topological polar surface area (TPSA) is 55.1 Å². The average molecular weight is 165 g/mol. The molecule has 4 heteroatoms. The summed E-state index contributed by atoms with van der Waals surface area (Å²) >= 11 is 0. The van der Waals surface area contributed by atoms with Gasteiger partial charge in [0, 0.05) is 6.42 Å². The van der Waals surface area contributed by atoms with E-state index in [1.165, 1.54) is 0 Å². The number of hydrogen-bond acceptors (Lipinski definition) is 2. The normalized spacial score (nSPS) is 23.8. The summed E-state index contributed by atoms with van der Waals surface area (Å²) in [5.41, 5.74) is 5.01. The molecule has 1 rings (SSSR count). The van der Waals surface area contributed by atoms with E-state index in [-0.39, 0.29) is 18.3 Å². The molecule has 0 unspecified atom stereocenters. The molecule has 3 nitrogen and oxygen atoms in total. The van der Waals surface area contributed by atoms with Gasteiger partial charge in [-0.05, 0) is 25.4 Å². The van der Waals surface area contributed by atoms with Crippen LogP contribution in [0, 0.1) is 5.92 Å². The first kappa shape index (κ1) is 9.72. The number of amides is 1. The monoisotopic (exact) mass is 164 g/mol. The lowest BCUT2D eigenvalue weighted by Gasteiger charge is -2.01. The van der Waals surface area contributed by atoms with Crippen LogP contribution in [0.25, 0.3) is 0 Å². The van der Waals surface area contributed by atoms with E-state index < -0.39 is 0 Å². The van der Waals surface area contributed by atoms with Gasteiger partial charge >= 0.3 is 0 Å². The van der Waals surface area contributed by atoms with Crippen molar-refractivity contribution in [2.24, 2.45) is 11.7 Å². The number of primary amides is 1. The fourth-order valence-electron chi connectivity index (χ4n) is 1.17. The third-order valence-electron chi connectivity index (χ3n) is 1.65. The quantitative estimate of drug-likeness (QED) is 0.599. The molecular formula is C6H13ClN2O. The zero-order chi connectivity index (χ0) is 6.69. The molecule has 0 bridgehead atoms. The number of carbonyl (C=O) groups is 1. The van der Waals surface area contributed by atoms with Crippen LogP contribution >= 0.6 is 12.4 Å². The van der Waals surface area contributed by atoms with Crippen LogP contribution in [0.15, 0.2) is 0 Å². The Morgan fingerprint density at radius 2 is 2.40 bits per heavy atom. The van der Waals surface area contributed by atoms with Crippen molar-refractivity contribution in [3.8, 4) is 0 Å². The minimum absolute atomic E-state index is 0. The summed E-state index contributed by atoms with van der Waals surface area (Å²) in [5, 5.41) is 3.17. The molecule has 60 valence electrons. The van der Waals surface area contributed by atoms with E-state index in [0.717, 1.165) is 19.5 Å². The van der Waals surface area contributed by atoms with E-state index >= 15 is 0 Å². The predicted molar refractivity (Wildman–Crippen MR) is 42.0 cm³/mol. The van der Waals surface area contributed by atoms with Crippen molar-refractivity contribution < 1.29 is 4.79 Å². The number of nitrogens with two attached hydrogens (primary N) is 1. The van der Waals surface area contributed by atoms with Gasteiger partial charge in [0.05, 0.1) is 0 Å². The number of halogens is 1. The Bertz CT molecular complexity index is 112. The van der Waals surface area contributed by atoms with Crippen LogP contribution in [-0.4, -0.2) is 19.0 Å². The Morgan fingerprint density at radius 1 is 1.70 bits per heavy atom. The molecule has 1 fully saturated rings. The SMILES string of the molecule is Cl.NC(=O)C[C@H]1CCNC1. The third-order valence-corrected chi connectivity index (χ3v) is 1.65. The molecule has 0 saturated carbocycles. The van der Waals surface area contributed by atoms with E-state index in [2.05, 4.69) is 5.32 Å². The van der Waals surface area contributed by atoms with E-state index in [1.54, 1.807) is 0 Å². The maximum atomic E-state index is 10.3. The zero-order valence-electron chi connectivity index (χ0n) is 5.80. The van der Waals surface area contributed by atoms with Crippen molar-refractivity contribution in [3.63, 3.8) is 0 Å². The van der Waals surface area contributed by atoms with Gasteiger partial charge in [-0.15, -0.1) is 12.4 Å². The van der Waals surface area contributed by atoms with Crippen molar-refractivity contribution in [2.45, 2.75) is 12.8 Å². The van der Waals surface area contributed by atoms with Crippen LogP contribution in [-0.2, 0) is 4.79 Å². The number of carbonyl (C=O) groups excluding carboxylic acids is 1. The zero-order valence-corrected chi connectivity index (χ0v) is 6.62. The Kier molecular flexibility index (Phi) is 4.40. The van der Waals surface area contributed by atoms with E-state index in [0.29, 0.717) is 12.3 Å². The van der Waals surface area contributed by atoms with Crippen LogP contribution in [0.2, 0.25) is 0 Å². The molecule has 3 N–H and O–H groups in total. The molecule has 0 radical (unpaired) electrons. The highest BCUT2D eigenvalue weighted by molar-refractivity contribution is 5.85. The summed E-state index contributed by atoms with van der Waals surface area (Å²) in [6.07, 6.45) is 1.65. The molecule has 1 saturated heterocycles. The van der Waals surface area contributed by atoms with Gasteiger partial charge in [0.15, 0.2) is 0 Å². The molecule has 1 aliphatic heterocycles. The Balaban J connectivity index is 0.000000810. The number of rotatable bonds is 2. The second-order valence-electron chi connectivity index (χ2n) is 2.53. The fraction of sp³-hybridized carbons (Fsp3) is 0.833. The third kappa shape index (κ3) is 3.03. The van der Waals surface area contributed by atoms with Crippen molar-refractivity contribution in [3.05, 3.63) is 0 Å². The molecular weight excluding hydrogens is 152 g/mol. The van der Waals surface area contributed by atoms with Gasteiger partial charge in [-0.2, -0.15) is 0 Å². The van der Waals surface area contributed by atoms with Crippen LogP contribution in [0.3, 0.4) is 0 Å². The summed E-state index contributed by atoms with van der Waals surface area (Å²) in [5.74, 6) is 0.325. The lowest BCUT2D eigenvalue weighted by atomic mass is 10.1. The lowest BCUT2D eigenvalue weighted by molar-refractivity contribution is -0.118. The van der Waals surface area contributed by atoms with Crippen LogP contribution in [0.4, 0.5) is 0 Å². The molecule has 0 aromatic rings. The minimum Gasteiger partial charge on any atom is -0.370 e. The van der Waals surface area contributed by atoms with Crippen molar-refractivity contribution in [1.82, 2.24) is 5.32 Å². The summed E-state index contributed by atoms with van der Waals surface area (Å²) in [6, 6.07) is 0. The molecule has 0 aromatic carbocycles. The van der Waals surface area contributed by atoms with Crippen LogP contribution in [0.1, 0.15) is 12.8 Å². The Hall–Kier alpha value is -0.280. The first-order valence-electron chi connectivity index (χ1n) is 3.28. The van der Waals surface area contributed by atoms with E-state index in [1.807, 2.05) is 0 Å². The lowest BCUT2D eigenvalue weighted by Crippen LogP contribution is -2.18. The smallest absolute Gasteiger partial charge is 0.217 e. The van der Waals surface area contributed by atoms with Gasteiger partial charge in [-0.3, -0.25) is 4.79 Å². The minimum atomic E-state index is -0.177. The summed E-state index contributed by atoms with van der Waals surface area (Å²) in [7, 11) is 0. The van der Waals surface area contributed by atoms with Crippen LogP contribution < -0.4 is 11.1 Å². The van der Waals surface area contributed by atoms with Crippen molar-refractivity contribution in [2.75, 3.05) is 13.1 Å². The Morgan fingerprint density at radius 3 is 2.80 bits per heavy atom.